The van der Waals surface area contributed by atoms with Crippen molar-refractivity contribution in [2.24, 2.45) is 0 Å². The molecule has 2 atom stereocenters. The van der Waals surface area contributed by atoms with Gasteiger partial charge in [0.2, 0.25) is 0 Å². The lowest BCUT2D eigenvalue weighted by molar-refractivity contribution is -0.159. The number of amides is 1. The predicted molar refractivity (Wildman–Crippen MR) is 46.2 cm³/mol. The largest absolute Gasteiger partial charge is 0.391 e. The molecule has 2 aliphatic heterocycles. The summed E-state index contributed by atoms with van der Waals surface area (Å²) in [5.41, 5.74) is 0. The summed E-state index contributed by atoms with van der Waals surface area (Å²) in [6, 6.07) is 0. The van der Waals surface area contributed by atoms with Gasteiger partial charge in [-0.1, -0.05) is 0 Å². The third kappa shape index (κ3) is 1.84. The molecule has 0 radical (unpaired) electrons. The molecule has 2 heterocycles. The summed E-state index contributed by atoms with van der Waals surface area (Å²) in [6.45, 7) is 1.96. The Kier molecular flexibility index (Phi) is 2.51. The molecule has 2 rings (SSSR count). The molecule has 0 aromatic rings. The van der Waals surface area contributed by atoms with E-state index in [1.54, 1.807) is 4.90 Å². The van der Waals surface area contributed by atoms with E-state index in [1.807, 2.05) is 0 Å². The number of carbonyl (C=O) groups is 1. The second-order valence-electron chi connectivity index (χ2n) is 3.73. The van der Waals surface area contributed by atoms with Gasteiger partial charge in [-0.2, -0.15) is 0 Å². The highest BCUT2D eigenvalue weighted by Crippen LogP contribution is 2.17. The standard InChI is InChI=1S/C9H15NO3/c11-7-2-1-4-10(6-7)9(12)8-3-5-13-8/h7-8,11H,1-6H2/t7-,8?/m0/s1. The van der Waals surface area contributed by atoms with Gasteiger partial charge < -0.3 is 14.7 Å². The van der Waals surface area contributed by atoms with Crippen LogP contribution in [-0.4, -0.2) is 47.8 Å². The van der Waals surface area contributed by atoms with E-state index in [0.717, 1.165) is 25.8 Å². The SMILES string of the molecule is O=C(C1CCO1)N1CCC[C@H](O)C1. The minimum absolute atomic E-state index is 0.0602. The molecule has 0 bridgehead atoms. The zero-order chi connectivity index (χ0) is 9.26. The number of piperidine rings is 1. The number of ether oxygens (including phenoxy) is 1. The number of β-amino-alcohol motifs (C(OH)–C–C–N with tert-alkyl or cyclic N) is 1. The first-order chi connectivity index (χ1) is 6.27. The van der Waals surface area contributed by atoms with Gasteiger partial charge in [-0.05, 0) is 12.8 Å². The summed E-state index contributed by atoms with van der Waals surface area (Å²) in [5, 5.41) is 9.37. The Morgan fingerprint density at radius 3 is 2.77 bits per heavy atom. The maximum absolute atomic E-state index is 11.6. The first-order valence-corrected chi connectivity index (χ1v) is 4.86. The van der Waals surface area contributed by atoms with Crippen molar-refractivity contribution in [3.63, 3.8) is 0 Å². The molecule has 0 aliphatic carbocycles. The molecular formula is C9H15NO3. The maximum Gasteiger partial charge on any atom is 0.251 e. The molecular weight excluding hydrogens is 170 g/mol. The van der Waals surface area contributed by atoms with Gasteiger partial charge in [0.25, 0.3) is 5.91 Å². The van der Waals surface area contributed by atoms with Crippen LogP contribution in [0.2, 0.25) is 0 Å². The first-order valence-electron chi connectivity index (χ1n) is 4.86. The summed E-state index contributed by atoms with van der Waals surface area (Å²) in [7, 11) is 0. The molecule has 1 N–H and O–H groups in total. The van der Waals surface area contributed by atoms with E-state index in [0.29, 0.717) is 13.2 Å². The van der Waals surface area contributed by atoms with Crippen LogP contribution in [-0.2, 0) is 9.53 Å². The van der Waals surface area contributed by atoms with Gasteiger partial charge in [0, 0.05) is 19.5 Å². The van der Waals surface area contributed by atoms with E-state index in [9.17, 15) is 9.90 Å². The number of nitrogens with zero attached hydrogens (tertiary/aromatic N) is 1. The van der Waals surface area contributed by atoms with Gasteiger partial charge >= 0.3 is 0 Å². The Morgan fingerprint density at radius 2 is 2.23 bits per heavy atom. The number of rotatable bonds is 1. The summed E-state index contributed by atoms with van der Waals surface area (Å²) < 4.78 is 5.11. The van der Waals surface area contributed by atoms with E-state index in [1.165, 1.54) is 0 Å². The highest BCUT2D eigenvalue weighted by Gasteiger charge is 2.32. The molecule has 13 heavy (non-hydrogen) atoms. The van der Waals surface area contributed by atoms with Crippen LogP contribution in [0.3, 0.4) is 0 Å². The quantitative estimate of drug-likeness (QED) is 0.613. The number of carbonyl (C=O) groups excluding carboxylic acids is 1. The van der Waals surface area contributed by atoms with Crippen molar-refractivity contribution in [2.75, 3.05) is 19.7 Å². The highest BCUT2D eigenvalue weighted by atomic mass is 16.5. The number of aliphatic hydroxyl groups excluding tert-OH is 1. The fourth-order valence-electron chi connectivity index (χ4n) is 1.79. The highest BCUT2D eigenvalue weighted by molar-refractivity contribution is 5.81. The summed E-state index contributed by atoms with van der Waals surface area (Å²) in [4.78, 5) is 13.3. The molecule has 4 nitrogen and oxygen atoms in total. The second kappa shape index (κ2) is 3.64. The van der Waals surface area contributed by atoms with Crippen LogP contribution < -0.4 is 0 Å². The second-order valence-corrected chi connectivity index (χ2v) is 3.73. The molecule has 1 unspecified atom stereocenters. The fraction of sp³-hybridized carbons (Fsp3) is 0.889. The van der Waals surface area contributed by atoms with E-state index in [2.05, 4.69) is 0 Å². The molecule has 2 saturated heterocycles. The van der Waals surface area contributed by atoms with Crippen molar-refractivity contribution in [1.82, 2.24) is 4.90 Å². The van der Waals surface area contributed by atoms with Crippen molar-refractivity contribution < 1.29 is 14.6 Å². The molecule has 0 aromatic heterocycles. The van der Waals surface area contributed by atoms with Crippen LogP contribution >= 0.6 is 0 Å². The summed E-state index contributed by atoms with van der Waals surface area (Å²) in [6.07, 6.45) is 2.00. The van der Waals surface area contributed by atoms with Crippen molar-refractivity contribution in [2.45, 2.75) is 31.5 Å². The normalized spacial score (nSPS) is 34.1. The lowest BCUT2D eigenvalue weighted by Gasteiger charge is -2.35. The Morgan fingerprint density at radius 1 is 1.46 bits per heavy atom. The average molecular weight is 185 g/mol. The van der Waals surface area contributed by atoms with Crippen LogP contribution in [0.4, 0.5) is 0 Å². The van der Waals surface area contributed by atoms with Crippen molar-refractivity contribution in [1.29, 1.82) is 0 Å². The van der Waals surface area contributed by atoms with Gasteiger partial charge in [0.05, 0.1) is 12.7 Å². The topological polar surface area (TPSA) is 49.8 Å². The zero-order valence-electron chi connectivity index (χ0n) is 7.61. The predicted octanol–water partition coefficient (Wildman–Crippen LogP) is -0.241. The smallest absolute Gasteiger partial charge is 0.251 e. The molecule has 2 fully saturated rings. The lowest BCUT2D eigenvalue weighted by Crippen LogP contribution is -2.50. The summed E-state index contributed by atoms with van der Waals surface area (Å²) >= 11 is 0. The maximum atomic E-state index is 11.6. The van der Waals surface area contributed by atoms with Gasteiger partial charge in [-0.25, -0.2) is 0 Å². The zero-order valence-corrected chi connectivity index (χ0v) is 7.61. The molecule has 4 heteroatoms. The molecule has 1 amide bonds. The van der Waals surface area contributed by atoms with E-state index in [-0.39, 0.29) is 18.1 Å². The first kappa shape index (κ1) is 8.97. The van der Waals surface area contributed by atoms with E-state index < -0.39 is 0 Å². The Labute approximate surface area is 77.5 Å². The Hall–Kier alpha value is -0.610. The monoisotopic (exact) mass is 185 g/mol. The number of hydrogen-bond donors (Lipinski definition) is 1. The molecule has 0 saturated carbocycles. The molecule has 74 valence electrons. The van der Waals surface area contributed by atoms with Gasteiger partial charge in [-0.15, -0.1) is 0 Å². The summed E-state index contributed by atoms with van der Waals surface area (Å²) in [5.74, 6) is 0.0602. The van der Waals surface area contributed by atoms with E-state index >= 15 is 0 Å². The average Bonchev–Trinajstić information content (AvgIpc) is 2.01. The van der Waals surface area contributed by atoms with Gasteiger partial charge in [0.1, 0.15) is 6.10 Å². The molecule has 0 spiro atoms. The van der Waals surface area contributed by atoms with Crippen LogP contribution in [0.25, 0.3) is 0 Å². The minimum atomic E-state index is -0.335. The fourth-order valence-corrected chi connectivity index (χ4v) is 1.79. The molecule has 0 aromatic carbocycles. The van der Waals surface area contributed by atoms with E-state index in [4.69, 9.17) is 4.74 Å². The van der Waals surface area contributed by atoms with Crippen molar-refractivity contribution in [3.05, 3.63) is 0 Å². The third-order valence-electron chi connectivity index (χ3n) is 2.68. The van der Waals surface area contributed by atoms with Gasteiger partial charge in [-0.3, -0.25) is 4.79 Å². The Balaban J connectivity index is 1.87. The number of hydrogen-bond acceptors (Lipinski definition) is 3. The van der Waals surface area contributed by atoms with Crippen molar-refractivity contribution >= 4 is 5.91 Å². The number of likely N-dealkylation sites (tertiary alicyclic amines) is 1. The van der Waals surface area contributed by atoms with Crippen LogP contribution in [0.5, 0.6) is 0 Å². The van der Waals surface area contributed by atoms with Crippen molar-refractivity contribution in [3.8, 4) is 0 Å². The van der Waals surface area contributed by atoms with Crippen LogP contribution in [0.1, 0.15) is 19.3 Å². The van der Waals surface area contributed by atoms with Gasteiger partial charge in [0.15, 0.2) is 0 Å². The lowest BCUT2D eigenvalue weighted by atomic mass is 10.1. The molecule has 2 aliphatic rings. The third-order valence-corrected chi connectivity index (χ3v) is 2.68. The Bertz CT molecular complexity index is 203. The minimum Gasteiger partial charge on any atom is -0.391 e. The van der Waals surface area contributed by atoms with Crippen LogP contribution in [0, 0.1) is 0 Å². The number of aliphatic hydroxyl groups is 1. The van der Waals surface area contributed by atoms with Crippen LogP contribution in [0.15, 0.2) is 0 Å².